The van der Waals surface area contributed by atoms with E-state index in [1.807, 2.05) is 48.7 Å². The van der Waals surface area contributed by atoms with Crippen LogP contribution in [-0.2, 0) is 11.2 Å². The average Bonchev–Trinajstić information content (AvgIpc) is 3.17. The number of rotatable bonds is 4. The van der Waals surface area contributed by atoms with Crippen LogP contribution in [0.15, 0.2) is 53.9 Å². The second-order valence-corrected chi connectivity index (χ2v) is 7.33. The van der Waals surface area contributed by atoms with E-state index >= 15 is 0 Å². The first-order valence-corrected chi connectivity index (χ1v) is 9.37. The topological polar surface area (TPSA) is 57.8 Å². The maximum Gasteiger partial charge on any atom is 0.231 e. The van der Waals surface area contributed by atoms with Gasteiger partial charge in [-0.05, 0) is 37.6 Å². The van der Waals surface area contributed by atoms with Crippen molar-refractivity contribution < 1.29 is 4.79 Å². The molecule has 4 nitrogen and oxygen atoms in total. The van der Waals surface area contributed by atoms with Crippen LogP contribution in [0.4, 0.5) is 5.69 Å². The Balaban J connectivity index is 1.54. The molecule has 0 aliphatic rings. The number of H-pyrrole nitrogens is 1. The molecule has 0 spiro atoms. The second-order valence-electron chi connectivity index (χ2n) is 6.39. The molecule has 26 heavy (non-hydrogen) atoms. The van der Waals surface area contributed by atoms with Gasteiger partial charge in [0, 0.05) is 33.2 Å². The molecule has 0 fully saturated rings. The van der Waals surface area contributed by atoms with E-state index in [0.717, 1.165) is 44.1 Å². The molecule has 2 aromatic heterocycles. The quantitative estimate of drug-likeness (QED) is 0.532. The van der Waals surface area contributed by atoms with Gasteiger partial charge < -0.3 is 10.3 Å². The van der Waals surface area contributed by atoms with Crippen molar-refractivity contribution in [2.45, 2.75) is 20.3 Å². The third kappa shape index (κ3) is 3.26. The highest BCUT2D eigenvalue weighted by atomic mass is 32.1. The van der Waals surface area contributed by atoms with E-state index in [9.17, 15) is 4.79 Å². The van der Waals surface area contributed by atoms with Crippen LogP contribution in [0.5, 0.6) is 0 Å². The summed E-state index contributed by atoms with van der Waals surface area (Å²) in [6.45, 7) is 4.06. The number of hydrogen-bond donors (Lipinski definition) is 2. The minimum atomic E-state index is -0.0489. The van der Waals surface area contributed by atoms with Gasteiger partial charge in [-0.15, -0.1) is 11.3 Å². The van der Waals surface area contributed by atoms with Crippen molar-refractivity contribution in [1.29, 1.82) is 0 Å². The standard InChI is InChI=1S/C21H19N3OS/c1-13-6-5-7-15(10-13)23-19(25)11-20-24-18(12-26-20)21-14(2)22-17-9-4-3-8-16(17)21/h3-10,12,22H,11H2,1-2H3,(H,23,25). The molecule has 0 aliphatic carbocycles. The highest BCUT2D eigenvalue weighted by Crippen LogP contribution is 2.32. The van der Waals surface area contributed by atoms with Gasteiger partial charge >= 0.3 is 0 Å². The van der Waals surface area contributed by atoms with E-state index in [1.54, 1.807) is 0 Å². The van der Waals surface area contributed by atoms with Gasteiger partial charge in [-0.1, -0.05) is 30.3 Å². The molecule has 2 N–H and O–H groups in total. The molecule has 0 aliphatic heterocycles. The molecule has 1 amide bonds. The average molecular weight is 361 g/mol. The van der Waals surface area contributed by atoms with E-state index in [0.29, 0.717) is 0 Å². The van der Waals surface area contributed by atoms with Gasteiger partial charge in [0.25, 0.3) is 0 Å². The Morgan fingerprint density at radius 2 is 2.00 bits per heavy atom. The summed E-state index contributed by atoms with van der Waals surface area (Å²) < 4.78 is 0. The normalized spacial score (nSPS) is 11.0. The third-order valence-corrected chi connectivity index (χ3v) is 5.16. The lowest BCUT2D eigenvalue weighted by molar-refractivity contribution is -0.115. The lowest BCUT2D eigenvalue weighted by Gasteiger charge is -2.04. The molecular weight excluding hydrogens is 342 g/mol. The molecule has 130 valence electrons. The maximum atomic E-state index is 12.3. The van der Waals surface area contributed by atoms with Crippen molar-refractivity contribution in [1.82, 2.24) is 9.97 Å². The van der Waals surface area contributed by atoms with Crippen molar-refractivity contribution >= 4 is 33.8 Å². The number of anilines is 1. The van der Waals surface area contributed by atoms with Gasteiger partial charge in [0.05, 0.1) is 12.1 Å². The van der Waals surface area contributed by atoms with E-state index in [2.05, 4.69) is 29.4 Å². The number of aryl methyl sites for hydroxylation is 2. The predicted molar refractivity (Wildman–Crippen MR) is 108 cm³/mol. The minimum absolute atomic E-state index is 0.0489. The number of amides is 1. The number of nitrogens with zero attached hydrogens (tertiary/aromatic N) is 1. The number of thiazole rings is 1. The summed E-state index contributed by atoms with van der Waals surface area (Å²) in [6.07, 6.45) is 0.278. The molecule has 4 rings (SSSR count). The zero-order chi connectivity index (χ0) is 18.1. The number of carbonyl (C=O) groups excluding carboxylic acids is 1. The number of aromatic amines is 1. The van der Waals surface area contributed by atoms with Crippen molar-refractivity contribution in [3.05, 3.63) is 70.2 Å². The number of para-hydroxylation sites is 1. The fraction of sp³-hybridized carbons (Fsp3) is 0.143. The van der Waals surface area contributed by atoms with E-state index < -0.39 is 0 Å². The van der Waals surface area contributed by atoms with Crippen molar-refractivity contribution in [3.63, 3.8) is 0 Å². The van der Waals surface area contributed by atoms with Crippen molar-refractivity contribution in [2.75, 3.05) is 5.32 Å². The zero-order valence-corrected chi connectivity index (χ0v) is 15.5. The number of benzene rings is 2. The van der Waals surface area contributed by atoms with Gasteiger partial charge in [-0.25, -0.2) is 4.98 Å². The van der Waals surface area contributed by atoms with Crippen LogP contribution in [0.1, 0.15) is 16.3 Å². The molecule has 0 saturated heterocycles. The monoisotopic (exact) mass is 361 g/mol. The van der Waals surface area contributed by atoms with E-state index in [4.69, 9.17) is 4.98 Å². The van der Waals surface area contributed by atoms with E-state index in [-0.39, 0.29) is 12.3 Å². The fourth-order valence-corrected chi connectivity index (χ4v) is 3.96. The Morgan fingerprint density at radius 3 is 2.85 bits per heavy atom. The van der Waals surface area contributed by atoms with Crippen LogP contribution in [0.2, 0.25) is 0 Å². The number of hydrogen-bond acceptors (Lipinski definition) is 3. The first kappa shape index (κ1) is 16.5. The molecule has 2 aromatic carbocycles. The Kier molecular flexibility index (Phi) is 4.31. The Labute approximate surface area is 155 Å². The summed E-state index contributed by atoms with van der Waals surface area (Å²) in [5.41, 5.74) is 6.16. The third-order valence-electron chi connectivity index (χ3n) is 4.32. The molecule has 0 bridgehead atoms. The summed E-state index contributed by atoms with van der Waals surface area (Å²) >= 11 is 1.52. The Morgan fingerprint density at radius 1 is 1.15 bits per heavy atom. The zero-order valence-electron chi connectivity index (χ0n) is 14.7. The van der Waals surface area contributed by atoms with Gasteiger partial charge in [0.2, 0.25) is 5.91 Å². The van der Waals surface area contributed by atoms with Crippen LogP contribution in [0.25, 0.3) is 22.2 Å². The van der Waals surface area contributed by atoms with Gasteiger partial charge in [0.1, 0.15) is 5.01 Å². The van der Waals surface area contributed by atoms with Crippen LogP contribution in [0.3, 0.4) is 0 Å². The van der Waals surface area contributed by atoms with Gasteiger partial charge in [-0.2, -0.15) is 0 Å². The Hall–Kier alpha value is -2.92. The molecule has 0 atom stereocenters. The molecule has 5 heteroatoms. The number of nitrogens with one attached hydrogen (secondary N) is 2. The van der Waals surface area contributed by atoms with E-state index in [1.165, 1.54) is 11.3 Å². The summed E-state index contributed by atoms with van der Waals surface area (Å²) in [7, 11) is 0. The van der Waals surface area contributed by atoms with Crippen LogP contribution in [-0.4, -0.2) is 15.9 Å². The largest absolute Gasteiger partial charge is 0.358 e. The molecule has 2 heterocycles. The maximum absolute atomic E-state index is 12.3. The van der Waals surface area contributed by atoms with Gasteiger partial charge in [0.15, 0.2) is 0 Å². The number of aromatic nitrogens is 2. The highest BCUT2D eigenvalue weighted by molar-refractivity contribution is 7.10. The highest BCUT2D eigenvalue weighted by Gasteiger charge is 2.15. The molecular formula is C21H19N3OS. The fourth-order valence-electron chi connectivity index (χ4n) is 3.18. The molecule has 0 radical (unpaired) electrons. The first-order chi connectivity index (χ1) is 12.6. The smallest absolute Gasteiger partial charge is 0.231 e. The molecule has 4 aromatic rings. The lowest BCUT2D eigenvalue weighted by atomic mass is 10.1. The second kappa shape index (κ2) is 6.77. The van der Waals surface area contributed by atoms with Crippen LogP contribution >= 0.6 is 11.3 Å². The Bertz CT molecular complexity index is 1090. The SMILES string of the molecule is Cc1cccc(NC(=O)Cc2nc(-c3c(C)[nH]c4ccccc34)cs2)c1. The lowest BCUT2D eigenvalue weighted by Crippen LogP contribution is -2.14. The number of carbonyl (C=O) groups is 1. The van der Waals surface area contributed by atoms with Crippen molar-refractivity contribution in [2.24, 2.45) is 0 Å². The number of fused-ring (bicyclic) bond motifs is 1. The summed E-state index contributed by atoms with van der Waals surface area (Å²) in [6, 6.07) is 16.0. The van der Waals surface area contributed by atoms with Crippen molar-refractivity contribution in [3.8, 4) is 11.3 Å². The van der Waals surface area contributed by atoms with Gasteiger partial charge in [-0.3, -0.25) is 4.79 Å². The molecule has 0 unspecified atom stereocenters. The minimum Gasteiger partial charge on any atom is -0.358 e. The predicted octanol–water partition coefficient (Wildman–Crippen LogP) is 5.09. The van der Waals surface area contributed by atoms with Crippen LogP contribution < -0.4 is 5.32 Å². The first-order valence-electron chi connectivity index (χ1n) is 8.49. The summed E-state index contributed by atoms with van der Waals surface area (Å²) in [5, 5.41) is 6.94. The summed E-state index contributed by atoms with van der Waals surface area (Å²) in [4.78, 5) is 20.4. The van der Waals surface area contributed by atoms with Crippen LogP contribution in [0, 0.1) is 13.8 Å². The summed E-state index contributed by atoms with van der Waals surface area (Å²) in [5.74, 6) is -0.0489. The molecule has 0 saturated carbocycles.